The maximum absolute atomic E-state index is 12.5. The Morgan fingerprint density at radius 3 is 2.56 bits per heavy atom. The first-order chi connectivity index (χ1) is 11.6. The van der Waals surface area contributed by atoms with Crippen molar-refractivity contribution in [2.75, 3.05) is 13.2 Å². The Balaban J connectivity index is 2.00. The smallest absolute Gasteiger partial charge is 0.417 e. The molecule has 1 fully saturated rings. The van der Waals surface area contributed by atoms with Gasteiger partial charge in [-0.3, -0.25) is 4.79 Å². The van der Waals surface area contributed by atoms with Gasteiger partial charge in [0.25, 0.3) is 5.91 Å². The zero-order chi connectivity index (χ0) is 18.7. The first-order valence-electron chi connectivity index (χ1n) is 8.49. The lowest BCUT2D eigenvalue weighted by Gasteiger charge is -2.35. The van der Waals surface area contributed by atoms with Crippen molar-refractivity contribution >= 4 is 20.3 Å². The zero-order valence-corrected chi connectivity index (χ0v) is 16.6. The van der Waals surface area contributed by atoms with Crippen molar-refractivity contribution in [3.05, 3.63) is 48.0 Å². The van der Waals surface area contributed by atoms with Gasteiger partial charge in [0.05, 0.1) is 6.61 Å². The van der Waals surface area contributed by atoms with Gasteiger partial charge < -0.3 is 9.16 Å². The highest BCUT2D eigenvalue weighted by Crippen LogP contribution is 2.36. The number of carbonyl (C=O) groups is 2. The number of amides is 2. The molecule has 1 saturated heterocycles. The Hall–Kier alpha value is -1.92. The number of benzene rings is 1. The van der Waals surface area contributed by atoms with E-state index in [4.69, 9.17) is 9.16 Å². The molecule has 25 heavy (non-hydrogen) atoms. The largest absolute Gasteiger partial charge is 0.446 e. The Morgan fingerprint density at radius 2 is 1.96 bits per heavy atom. The van der Waals surface area contributed by atoms with Crippen LogP contribution in [0.15, 0.2) is 42.5 Å². The lowest BCUT2D eigenvalue weighted by atomic mass is 10.1. The predicted octanol–water partition coefficient (Wildman–Crippen LogP) is 4.28. The molecule has 2 rings (SSSR count). The van der Waals surface area contributed by atoms with Gasteiger partial charge in [-0.25, -0.2) is 9.69 Å². The normalized spacial score (nSPS) is 18.7. The van der Waals surface area contributed by atoms with E-state index in [9.17, 15) is 9.59 Å². The molecular formula is C19H27NO4Si. The van der Waals surface area contributed by atoms with E-state index in [2.05, 4.69) is 33.9 Å². The van der Waals surface area contributed by atoms with Crippen LogP contribution >= 0.6 is 0 Å². The van der Waals surface area contributed by atoms with Gasteiger partial charge in [-0.1, -0.05) is 57.2 Å². The van der Waals surface area contributed by atoms with Crippen molar-refractivity contribution in [2.45, 2.75) is 44.9 Å². The molecule has 0 spiro atoms. The van der Waals surface area contributed by atoms with Crippen LogP contribution in [-0.2, 0) is 14.0 Å². The summed E-state index contributed by atoms with van der Waals surface area (Å²) in [5, 5.41) is 0.113. The van der Waals surface area contributed by atoms with Crippen LogP contribution in [0.3, 0.4) is 0 Å². The van der Waals surface area contributed by atoms with Crippen LogP contribution in [0.1, 0.15) is 32.4 Å². The molecule has 0 saturated carbocycles. The summed E-state index contributed by atoms with van der Waals surface area (Å²) in [6, 6.07) is 9.04. The highest BCUT2D eigenvalue weighted by atomic mass is 28.4. The quantitative estimate of drug-likeness (QED) is 0.580. The van der Waals surface area contributed by atoms with E-state index >= 15 is 0 Å². The van der Waals surface area contributed by atoms with Gasteiger partial charge in [-0.05, 0) is 23.7 Å². The van der Waals surface area contributed by atoms with Gasteiger partial charge in [-0.15, -0.1) is 0 Å². The Morgan fingerprint density at radius 1 is 1.32 bits per heavy atom. The standard InChI is InChI=1S/C19H27NO4Si/c1-19(2,3)25(4,5)24-13-9-12-17(21)20-16(14-23-18(20)22)15-10-7-6-8-11-15/h6-12,16H,13-14H2,1-5H3/b12-9+/t16-/m0/s1. The third-order valence-corrected chi connectivity index (χ3v) is 9.40. The molecule has 0 N–H and O–H groups in total. The molecule has 6 heteroatoms. The number of imide groups is 1. The van der Waals surface area contributed by atoms with Crippen molar-refractivity contribution < 1.29 is 18.8 Å². The summed E-state index contributed by atoms with van der Waals surface area (Å²) in [7, 11) is -1.86. The number of rotatable bonds is 5. The maximum atomic E-state index is 12.5. The monoisotopic (exact) mass is 361 g/mol. The van der Waals surface area contributed by atoms with Gasteiger partial charge in [0.1, 0.15) is 12.6 Å². The minimum Gasteiger partial charge on any atom is -0.446 e. The van der Waals surface area contributed by atoms with Gasteiger partial charge in [0, 0.05) is 6.08 Å². The van der Waals surface area contributed by atoms with Crippen LogP contribution in [0.4, 0.5) is 4.79 Å². The third-order valence-electron chi connectivity index (χ3n) is 4.90. The van der Waals surface area contributed by atoms with E-state index in [1.165, 1.54) is 6.08 Å². The molecule has 1 aliphatic heterocycles. The summed E-state index contributed by atoms with van der Waals surface area (Å²) in [5.41, 5.74) is 0.882. The second-order valence-electron chi connectivity index (χ2n) is 7.69. The lowest BCUT2D eigenvalue weighted by Crippen LogP contribution is -2.40. The maximum Gasteiger partial charge on any atom is 0.417 e. The minimum atomic E-state index is -1.86. The van der Waals surface area contributed by atoms with Gasteiger partial charge >= 0.3 is 6.09 Å². The van der Waals surface area contributed by atoms with Crippen LogP contribution in [0.5, 0.6) is 0 Å². The van der Waals surface area contributed by atoms with Crippen LogP contribution in [0.2, 0.25) is 18.1 Å². The average Bonchev–Trinajstić information content (AvgIpc) is 2.93. The van der Waals surface area contributed by atoms with E-state index in [0.29, 0.717) is 6.61 Å². The summed E-state index contributed by atoms with van der Waals surface area (Å²) in [5.74, 6) is -0.379. The molecule has 1 aromatic rings. The number of ether oxygens (including phenoxy) is 1. The Bertz CT molecular complexity index is 649. The van der Waals surface area contributed by atoms with Crippen molar-refractivity contribution in [1.82, 2.24) is 4.90 Å². The Kier molecular flexibility index (Phi) is 5.85. The molecule has 1 atom stereocenters. The third kappa shape index (κ3) is 4.58. The highest BCUT2D eigenvalue weighted by Gasteiger charge is 2.38. The number of cyclic esters (lactones) is 1. The summed E-state index contributed by atoms with van der Waals surface area (Å²) in [4.78, 5) is 25.6. The SMILES string of the molecule is CC(C)(C)[Si](C)(C)OC/C=C/C(=O)N1C(=O)OC[C@H]1c1ccccc1. The van der Waals surface area contributed by atoms with E-state index in [0.717, 1.165) is 10.5 Å². The molecule has 0 bridgehead atoms. The minimum absolute atomic E-state index is 0.113. The predicted molar refractivity (Wildman–Crippen MR) is 99.7 cm³/mol. The number of hydrogen-bond donors (Lipinski definition) is 0. The second kappa shape index (κ2) is 7.54. The lowest BCUT2D eigenvalue weighted by molar-refractivity contribution is -0.124. The molecule has 0 radical (unpaired) electrons. The van der Waals surface area contributed by atoms with Crippen LogP contribution in [0.25, 0.3) is 0 Å². The van der Waals surface area contributed by atoms with E-state index in [1.807, 2.05) is 30.3 Å². The average molecular weight is 362 g/mol. The number of nitrogens with zero attached hydrogens (tertiary/aromatic N) is 1. The molecule has 1 heterocycles. The molecule has 0 aromatic heterocycles. The van der Waals surface area contributed by atoms with Crippen molar-refractivity contribution in [1.29, 1.82) is 0 Å². The van der Waals surface area contributed by atoms with E-state index < -0.39 is 14.4 Å². The summed E-state index contributed by atoms with van der Waals surface area (Å²) >= 11 is 0. The molecule has 5 nitrogen and oxygen atoms in total. The van der Waals surface area contributed by atoms with Gasteiger partial charge in [0.15, 0.2) is 8.32 Å². The van der Waals surface area contributed by atoms with Crippen LogP contribution in [0, 0.1) is 0 Å². The Labute approximate surface area is 150 Å². The van der Waals surface area contributed by atoms with Crippen molar-refractivity contribution in [3.63, 3.8) is 0 Å². The van der Waals surface area contributed by atoms with Gasteiger partial charge in [-0.2, -0.15) is 0 Å². The highest BCUT2D eigenvalue weighted by molar-refractivity contribution is 6.74. The van der Waals surface area contributed by atoms with Gasteiger partial charge in [0.2, 0.25) is 0 Å². The van der Waals surface area contributed by atoms with Crippen LogP contribution < -0.4 is 0 Å². The van der Waals surface area contributed by atoms with Crippen molar-refractivity contribution in [2.24, 2.45) is 0 Å². The summed E-state index contributed by atoms with van der Waals surface area (Å²) < 4.78 is 11.1. The first kappa shape index (κ1) is 19.4. The fourth-order valence-electron chi connectivity index (χ4n) is 2.29. The number of hydrogen-bond acceptors (Lipinski definition) is 4. The topological polar surface area (TPSA) is 55.8 Å². The van der Waals surface area contributed by atoms with E-state index in [-0.39, 0.29) is 23.6 Å². The summed E-state index contributed by atoms with van der Waals surface area (Å²) in [6.07, 6.45) is 2.47. The van der Waals surface area contributed by atoms with E-state index in [1.54, 1.807) is 6.08 Å². The fourth-order valence-corrected chi connectivity index (χ4v) is 3.23. The molecular weight excluding hydrogens is 334 g/mol. The number of carbonyl (C=O) groups excluding carboxylic acids is 2. The molecule has 136 valence electrons. The first-order valence-corrected chi connectivity index (χ1v) is 11.4. The van der Waals surface area contributed by atoms with Crippen LogP contribution in [-0.4, -0.2) is 38.4 Å². The summed E-state index contributed by atoms with van der Waals surface area (Å²) in [6.45, 7) is 11.4. The zero-order valence-electron chi connectivity index (χ0n) is 15.6. The molecule has 0 unspecified atom stereocenters. The molecule has 2 amide bonds. The second-order valence-corrected chi connectivity index (χ2v) is 12.5. The molecule has 1 aliphatic rings. The molecule has 1 aromatic carbocycles. The molecule has 0 aliphatic carbocycles. The fraction of sp³-hybridized carbons (Fsp3) is 0.474. The van der Waals surface area contributed by atoms with Crippen molar-refractivity contribution in [3.8, 4) is 0 Å².